The normalized spacial score (nSPS) is 10.9. The molecule has 1 aromatic rings. The maximum atomic E-state index is 11.2. The second-order valence-electron chi connectivity index (χ2n) is 3.70. The molecule has 0 fully saturated rings. The third-order valence-corrected chi connectivity index (χ3v) is 1.80. The van der Waals surface area contributed by atoms with E-state index in [1.807, 2.05) is 0 Å². The number of hydrogen-bond donors (Lipinski definition) is 1. The highest BCUT2D eigenvalue weighted by atomic mass is 32.1. The molecule has 1 amide bonds. The van der Waals surface area contributed by atoms with Crippen LogP contribution in [0, 0.1) is 0 Å². The summed E-state index contributed by atoms with van der Waals surface area (Å²) in [6.45, 7) is 5.26. The van der Waals surface area contributed by atoms with Gasteiger partial charge in [0.15, 0.2) is 6.29 Å². The third-order valence-electron chi connectivity index (χ3n) is 1.16. The van der Waals surface area contributed by atoms with Crippen molar-refractivity contribution >= 4 is 29.0 Å². The molecule has 6 nitrogen and oxygen atoms in total. The first-order chi connectivity index (χ1) is 6.90. The summed E-state index contributed by atoms with van der Waals surface area (Å²) in [6, 6.07) is 0. The van der Waals surface area contributed by atoms with E-state index in [-0.39, 0.29) is 11.0 Å². The zero-order valence-corrected chi connectivity index (χ0v) is 9.42. The van der Waals surface area contributed by atoms with Crippen molar-refractivity contribution in [1.29, 1.82) is 0 Å². The van der Waals surface area contributed by atoms with Crippen LogP contribution in [0.4, 0.5) is 9.93 Å². The molecule has 0 saturated heterocycles. The lowest BCUT2D eigenvalue weighted by molar-refractivity contribution is 0.0635. The first-order valence-electron chi connectivity index (χ1n) is 4.19. The lowest BCUT2D eigenvalue weighted by atomic mass is 10.2. The topological polar surface area (TPSA) is 81.2 Å². The highest BCUT2D eigenvalue weighted by molar-refractivity contribution is 7.10. The first kappa shape index (κ1) is 11.6. The fourth-order valence-corrected chi connectivity index (χ4v) is 1.25. The Balaban J connectivity index is 2.55. The van der Waals surface area contributed by atoms with Crippen LogP contribution in [0.1, 0.15) is 31.4 Å². The quantitative estimate of drug-likeness (QED) is 0.780. The van der Waals surface area contributed by atoms with Crippen LogP contribution in [0.15, 0.2) is 0 Å². The van der Waals surface area contributed by atoms with E-state index in [0.29, 0.717) is 6.29 Å². The monoisotopic (exact) mass is 229 g/mol. The van der Waals surface area contributed by atoms with E-state index < -0.39 is 11.7 Å². The van der Waals surface area contributed by atoms with Crippen LogP contribution in [0.3, 0.4) is 0 Å². The lowest BCUT2D eigenvalue weighted by Crippen LogP contribution is -2.27. The smallest absolute Gasteiger partial charge is 0.414 e. The molecule has 0 aliphatic heterocycles. The van der Waals surface area contributed by atoms with E-state index >= 15 is 0 Å². The van der Waals surface area contributed by atoms with Crippen LogP contribution in [0.5, 0.6) is 0 Å². The van der Waals surface area contributed by atoms with Crippen LogP contribution >= 0.6 is 11.5 Å². The fourth-order valence-electron chi connectivity index (χ4n) is 0.724. The van der Waals surface area contributed by atoms with Crippen molar-refractivity contribution in [2.75, 3.05) is 5.32 Å². The van der Waals surface area contributed by atoms with Gasteiger partial charge in [-0.2, -0.15) is 9.36 Å². The molecule has 0 unspecified atom stereocenters. The Labute approximate surface area is 90.8 Å². The number of aromatic nitrogens is 2. The van der Waals surface area contributed by atoms with Gasteiger partial charge in [0.05, 0.1) is 0 Å². The second kappa shape index (κ2) is 4.35. The molecule has 0 aromatic carbocycles. The van der Waals surface area contributed by atoms with Gasteiger partial charge in [0, 0.05) is 11.5 Å². The predicted molar refractivity (Wildman–Crippen MR) is 55.2 cm³/mol. The van der Waals surface area contributed by atoms with E-state index in [2.05, 4.69) is 14.7 Å². The third kappa shape index (κ3) is 4.03. The Morgan fingerprint density at radius 1 is 1.53 bits per heavy atom. The average Bonchev–Trinajstić information content (AvgIpc) is 2.48. The molecule has 0 aliphatic carbocycles. The Bertz CT molecular complexity index is 369. The molecule has 0 saturated carbocycles. The molecule has 0 aliphatic rings. The van der Waals surface area contributed by atoms with Crippen molar-refractivity contribution in [3.63, 3.8) is 0 Å². The number of carbonyl (C=O) groups excluding carboxylic acids is 2. The molecule has 0 atom stereocenters. The van der Waals surface area contributed by atoms with Crippen LogP contribution in [0.25, 0.3) is 0 Å². The van der Waals surface area contributed by atoms with Gasteiger partial charge >= 0.3 is 6.09 Å². The SMILES string of the molecule is CC(C)(C)OC(=O)Nc1nc(C=O)ns1. The summed E-state index contributed by atoms with van der Waals surface area (Å²) < 4.78 is 8.66. The number of hydrogen-bond acceptors (Lipinski definition) is 6. The Kier molecular flexibility index (Phi) is 3.35. The molecule has 1 rings (SSSR count). The maximum absolute atomic E-state index is 11.2. The molecule has 7 heteroatoms. The Hall–Kier alpha value is -1.50. The molecule has 15 heavy (non-hydrogen) atoms. The average molecular weight is 229 g/mol. The highest BCUT2D eigenvalue weighted by Gasteiger charge is 2.17. The summed E-state index contributed by atoms with van der Waals surface area (Å²) in [7, 11) is 0. The number of rotatable bonds is 2. The van der Waals surface area contributed by atoms with Gasteiger partial charge in [-0.1, -0.05) is 0 Å². The summed E-state index contributed by atoms with van der Waals surface area (Å²) in [6.07, 6.45) is -0.104. The largest absolute Gasteiger partial charge is 0.444 e. The van der Waals surface area contributed by atoms with Gasteiger partial charge in [-0.15, -0.1) is 0 Å². The van der Waals surface area contributed by atoms with E-state index in [1.54, 1.807) is 20.8 Å². The van der Waals surface area contributed by atoms with Gasteiger partial charge in [-0.3, -0.25) is 10.1 Å². The predicted octanol–water partition coefficient (Wildman–Crippen LogP) is 1.70. The van der Waals surface area contributed by atoms with E-state index in [4.69, 9.17) is 4.74 Å². The van der Waals surface area contributed by atoms with Crippen molar-refractivity contribution in [2.45, 2.75) is 26.4 Å². The van der Waals surface area contributed by atoms with Gasteiger partial charge < -0.3 is 4.74 Å². The first-order valence-corrected chi connectivity index (χ1v) is 4.97. The number of amides is 1. The van der Waals surface area contributed by atoms with E-state index in [9.17, 15) is 9.59 Å². The molecule has 82 valence electrons. The van der Waals surface area contributed by atoms with Crippen molar-refractivity contribution in [3.8, 4) is 0 Å². The maximum Gasteiger partial charge on any atom is 0.414 e. The molecular weight excluding hydrogens is 218 g/mol. The zero-order chi connectivity index (χ0) is 11.5. The summed E-state index contributed by atoms with van der Waals surface area (Å²) in [4.78, 5) is 25.2. The van der Waals surface area contributed by atoms with E-state index in [1.165, 1.54) is 0 Å². The molecular formula is C8H11N3O3S. The number of carbonyl (C=O) groups is 2. The number of anilines is 1. The van der Waals surface area contributed by atoms with Crippen molar-refractivity contribution in [1.82, 2.24) is 9.36 Å². The fraction of sp³-hybridized carbons (Fsp3) is 0.500. The summed E-state index contributed by atoms with van der Waals surface area (Å²) in [5, 5.41) is 2.62. The molecule has 0 spiro atoms. The Morgan fingerprint density at radius 3 is 2.67 bits per heavy atom. The van der Waals surface area contributed by atoms with Gasteiger partial charge in [-0.25, -0.2) is 4.79 Å². The van der Waals surface area contributed by atoms with Gasteiger partial charge in [0.25, 0.3) is 0 Å². The van der Waals surface area contributed by atoms with Gasteiger partial charge in [-0.05, 0) is 20.8 Å². The van der Waals surface area contributed by atoms with Crippen LogP contribution in [0.2, 0.25) is 0 Å². The summed E-state index contributed by atoms with van der Waals surface area (Å²) in [5.74, 6) is 0.0473. The number of aldehydes is 1. The standard InChI is InChI=1S/C8H11N3O3S/c1-8(2,3)14-7(13)10-6-9-5(4-12)11-15-6/h4H,1-3H3,(H,9,10,11,13). The van der Waals surface area contributed by atoms with Crippen LogP contribution in [-0.4, -0.2) is 27.3 Å². The van der Waals surface area contributed by atoms with Crippen molar-refractivity contribution in [3.05, 3.63) is 5.82 Å². The lowest BCUT2D eigenvalue weighted by Gasteiger charge is -2.18. The van der Waals surface area contributed by atoms with Crippen molar-refractivity contribution in [2.24, 2.45) is 0 Å². The minimum absolute atomic E-state index is 0.0473. The summed E-state index contributed by atoms with van der Waals surface area (Å²) >= 11 is 0.924. The number of nitrogens with one attached hydrogen (secondary N) is 1. The Morgan fingerprint density at radius 2 is 2.20 bits per heavy atom. The van der Waals surface area contributed by atoms with Gasteiger partial charge in [0.1, 0.15) is 5.60 Å². The highest BCUT2D eigenvalue weighted by Crippen LogP contribution is 2.13. The molecule has 0 radical (unpaired) electrons. The van der Waals surface area contributed by atoms with Crippen molar-refractivity contribution < 1.29 is 14.3 Å². The molecule has 1 aromatic heterocycles. The second-order valence-corrected chi connectivity index (χ2v) is 4.45. The minimum Gasteiger partial charge on any atom is -0.444 e. The molecule has 1 heterocycles. The van der Waals surface area contributed by atoms with Crippen LogP contribution in [-0.2, 0) is 4.74 Å². The molecule has 0 bridgehead atoms. The van der Waals surface area contributed by atoms with Gasteiger partial charge in [0.2, 0.25) is 11.0 Å². The zero-order valence-electron chi connectivity index (χ0n) is 8.60. The summed E-state index contributed by atoms with van der Waals surface area (Å²) in [5.41, 5.74) is -0.567. The van der Waals surface area contributed by atoms with Crippen LogP contribution < -0.4 is 5.32 Å². The minimum atomic E-state index is -0.615. The van der Waals surface area contributed by atoms with E-state index in [0.717, 1.165) is 11.5 Å². The number of nitrogens with zero attached hydrogens (tertiary/aromatic N) is 2. The number of ether oxygens (including phenoxy) is 1. The molecule has 1 N–H and O–H groups in total.